The van der Waals surface area contributed by atoms with Crippen molar-refractivity contribution in [2.45, 2.75) is 39.8 Å². The second kappa shape index (κ2) is 5.93. The van der Waals surface area contributed by atoms with Crippen LogP contribution in [0.25, 0.3) is 0 Å². The zero-order valence-corrected chi connectivity index (χ0v) is 9.79. The first-order valence-corrected chi connectivity index (χ1v) is 5.51. The fraction of sp³-hybridized carbons (Fsp3) is 0.667. The van der Waals surface area contributed by atoms with Gasteiger partial charge in [-0.05, 0) is 31.4 Å². The van der Waals surface area contributed by atoms with Crippen LogP contribution in [0.2, 0.25) is 0 Å². The minimum atomic E-state index is 0.162. The van der Waals surface area contributed by atoms with E-state index in [9.17, 15) is 0 Å². The first-order chi connectivity index (χ1) is 7.11. The van der Waals surface area contributed by atoms with Gasteiger partial charge in [0.25, 0.3) is 0 Å². The topological polar surface area (TPSA) is 45.4 Å². The molecule has 2 N–H and O–H groups in total. The predicted molar refractivity (Wildman–Crippen MR) is 60.6 cm³/mol. The highest BCUT2D eigenvalue weighted by Crippen LogP contribution is 2.08. The van der Waals surface area contributed by atoms with Crippen LogP contribution in [0.5, 0.6) is 0 Å². The summed E-state index contributed by atoms with van der Waals surface area (Å²) in [6.07, 6.45) is 0.982. The third-order valence-corrected chi connectivity index (χ3v) is 2.34. The van der Waals surface area contributed by atoms with E-state index in [1.54, 1.807) is 0 Å². The Morgan fingerprint density at radius 2 is 2.13 bits per heavy atom. The van der Waals surface area contributed by atoms with Crippen molar-refractivity contribution in [2.24, 2.45) is 5.92 Å². The Morgan fingerprint density at radius 3 is 2.60 bits per heavy atom. The Labute approximate surface area is 91.5 Å². The summed E-state index contributed by atoms with van der Waals surface area (Å²) in [6, 6.07) is 4.08. The van der Waals surface area contributed by atoms with Gasteiger partial charge < -0.3 is 14.8 Å². The molecule has 0 aliphatic heterocycles. The molecule has 3 heteroatoms. The largest absolute Gasteiger partial charge is 0.465 e. The molecule has 0 amide bonds. The molecule has 0 fully saturated rings. The summed E-state index contributed by atoms with van der Waals surface area (Å²) in [5.41, 5.74) is 0. The minimum Gasteiger partial charge on any atom is -0.465 e. The summed E-state index contributed by atoms with van der Waals surface area (Å²) >= 11 is 0. The number of aryl methyl sites for hydroxylation is 1. The number of nitrogens with one attached hydrogen (secondary N) is 1. The minimum absolute atomic E-state index is 0.162. The third-order valence-electron chi connectivity index (χ3n) is 2.34. The molecule has 1 aromatic heterocycles. The molecule has 0 aliphatic carbocycles. The molecule has 0 saturated heterocycles. The Morgan fingerprint density at radius 1 is 1.40 bits per heavy atom. The van der Waals surface area contributed by atoms with E-state index >= 15 is 0 Å². The Hall–Kier alpha value is -0.800. The maximum absolute atomic E-state index is 9.17. The monoisotopic (exact) mass is 211 g/mol. The highest BCUT2D eigenvalue weighted by molar-refractivity contribution is 5.05. The number of aliphatic hydroxyl groups is 1. The van der Waals surface area contributed by atoms with Gasteiger partial charge in [0, 0.05) is 6.04 Å². The summed E-state index contributed by atoms with van der Waals surface area (Å²) in [4.78, 5) is 0. The molecule has 0 aliphatic rings. The molecule has 1 atom stereocenters. The first-order valence-electron chi connectivity index (χ1n) is 5.51. The normalized spacial score (nSPS) is 13.4. The Balaban J connectivity index is 2.34. The molecular formula is C12H21NO2. The molecule has 3 nitrogen and oxygen atoms in total. The number of hydrogen-bond donors (Lipinski definition) is 2. The van der Waals surface area contributed by atoms with Gasteiger partial charge in [-0.15, -0.1) is 0 Å². The van der Waals surface area contributed by atoms with Crippen molar-refractivity contribution in [1.29, 1.82) is 0 Å². The molecular weight excluding hydrogens is 190 g/mol. The number of hydrogen-bond acceptors (Lipinski definition) is 3. The van der Waals surface area contributed by atoms with E-state index in [4.69, 9.17) is 9.52 Å². The SMILES string of the molecule is Cc1ccc(CN[C@@H](CO)CC(C)C)o1. The van der Waals surface area contributed by atoms with Crippen LogP contribution in [0.15, 0.2) is 16.5 Å². The fourth-order valence-electron chi connectivity index (χ4n) is 1.62. The van der Waals surface area contributed by atoms with Crippen molar-refractivity contribution in [3.8, 4) is 0 Å². The molecule has 86 valence electrons. The number of furan rings is 1. The van der Waals surface area contributed by atoms with Crippen LogP contribution in [-0.2, 0) is 6.54 Å². The Bertz CT molecular complexity index is 281. The van der Waals surface area contributed by atoms with E-state index in [0.717, 1.165) is 17.9 Å². The zero-order valence-electron chi connectivity index (χ0n) is 9.79. The van der Waals surface area contributed by atoms with Crippen LogP contribution in [0.4, 0.5) is 0 Å². The summed E-state index contributed by atoms with van der Waals surface area (Å²) < 4.78 is 5.44. The third kappa shape index (κ3) is 4.49. The summed E-state index contributed by atoms with van der Waals surface area (Å²) in [5, 5.41) is 12.5. The van der Waals surface area contributed by atoms with Crippen LogP contribution in [-0.4, -0.2) is 17.8 Å². The highest BCUT2D eigenvalue weighted by Gasteiger charge is 2.09. The van der Waals surface area contributed by atoms with Crippen LogP contribution in [0, 0.1) is 12.8 Å². The van der Waals surface area contributed by atoms with Gasteiger partial charge in [0.1, 0.15) is 11.5 Å². The van der Waals surface area contributed by atoms with Crippen molar-refractivity contribution in [2.75, 3.05) is 6.61 Å². The van der Waals surface area contributed by atoms with Crippen LogP contribution in [0.1, 0.15) is 31.8 Å². The van der Waals surface area contributed by atoms with Gasteiger partial charge in [-0.2, -0.15) is 0 Å². The summed E-state index contributed by atoms with van der Waals surface area (Å²) in [6.45, 7) is 7.10. The van der Waals surface area contributed by atoms with Gasteiger partial charge in [0.05, 0.1) is 13.2 Å². The summed E-state index contributed by atoms with van der Waals surface area (Å²) in [5.74, 6) is 2.44. The van der Waals surface area contributed by atoms with Crippen LogP contribution < -0.4 is 5.32 Å². The maximum Gasteiger partial charge on any atom is 0.117 e. The van der Waals surface area contributed by atoms with E-state index in [2.05, 4.69) is 19.2 Å². The van der Waals surface area contributed by atoms with Crippen molar-refractivity contribution in [3.63, 3.8) is 0 Å². The van der Waals surface area contributed by atoms with Gasteiger partial charge in [-0.1, -0.05) is 13.8 Å². The van der Waals surface area contributed by atoms with Gasteiger partial charge >= 0.3 is 0 Å². The molecule has 0 spiro atoms. The lowest BCUT2D eigenvalue weighted by atomic mass is 10.0. The molecule has 1 heterocycles. The molecule has 0 bridgehead atoms. The molecule has 1 rings (SSSR count). The fourth-order valence-corrected chi connectivity index (χ4v) is 1.62. The predicted octanol–water partition coefficient (Wildman–Crippen LogP) is 2.08. The number of aliphatic hydroxyl groups excluding tert-OH is 1. The molecule has 0 unspecified atom stereocenters. The van der Waals surface area contributed by atoms with Gasteiger partial charge in [-0.3, -0.25) is 0 Å². The lowest BCUT2D eigenvalue weighted by Crippen LogP contribution is -2.33. The van der Waals surface area contributed by atoms with Crippen molar-refractivity contribution in [1.82, 2.24) is 5.32 Å². The summed E-state index contributed by atoms with van der Waals surface area (Å²) in [7, 11) is 0. The van der Waals surface area contributed by atoms with Gasteiger partial charge in [-0.25, -0.2) is 0 Å². The molecule has 0 saturated carbocycles. The zero-order chi connectivity index (χ0) is 11.3. The lowest BCUT2D eigenvalue weighted by molar-refractivity contribution is 0.220. The standard InChI is InChI=1S/C12H21NO2/c1-9(2)6-11(8-14)13-7-12-5-4-10(3)15-12/h4-5,9,11,13-14H,6-8H2,1-3H3/t11-/m1/s1. The lowest BCUT2D eigenvalue weighted by Gasteiger charge is -2.17. The van der Waals surface area contributed by atoms with Crippen LogP contribution >= 0.6 is 0 Å². The van der Waals surface area contributed by atoms with E-state index in [1.165, 1.54) is 0 Å². The Kier molecular flexibility index (Phi) is 4.85. The van der Waals surface area contributed by atoms with E-state index in [0.29, 0.717) is 12.5 Å². The average molecular weight is 211 g/mol. The van der Waals surface area contributed by atoms with Gasteiger partial charge in [0.15, 0.2) is 0 Å². The second-order valence-corrected chi connectivity index (χ2v) is 4.40. The molecule has 0 radical (unpaired) electrons. The number of rotatable bonds is 6. The molecule has 15 heavy (non-hydrogen) atoms. The van der Waals surface area contributed by atoms with Gasteiger partial charge in [0.2, 0.25) is 0 Å². The average Bonchev–Trinajstić information content (AvgIpc) is 2.58. The van der Waals surface area contributed by atoms with Crippen molar-refractivity contribution < 1.29 is 9.52 Å². The molecule has 1 aromatic rings. The molecule has 0 aromatic carbocycles. The quantitative estimate of drug-likeness (QED) is 0.757. The van der Waals surface area contributed by atoms with Crippen LogP contribution in [0.3, 0.4) is 0 Å². The first kappa shape index (κ1) is 12.3. The van der Waals surface area contributed by atoms with Crippen molar-refractivity contribution in [3.05, 3.63) is 23.7 Å². The maximum atomic E-state index is 9.17. The van der Waals surface area contributed by atoms with E-state index in [-0.39, 0.29) is 12.6 Å². The second-order valence-electron chi connectivity index (χ2n) is 4.40. The van der Waals surface area contributed by atoms with E-state index in [1.807, 2.05) is 19.1 Å². The highest BCUT2D eigenvalue weighted by atomic mass is 16.3. The van der Waals surface area contributed by atoms with E-state index < -0.39 is 0 Å². The smallest absolute Gasteiger partial charge is 0.117 e. The van der Waals surface area contributed by atoms with Crippen molar-refractivity contribution >= 4 is 0 Å².